The molecule has 0 atom stereocenters. The van der Waals surface area contributed by atoms with E-state index in [4.69, 9.17) is 15.0 Å². The molecular formula is C46H33N3. The molecule has 1 aromatic heterocycles. The minimum atomic E-state index is -0.221. The van der Waals surface area contributed by atoms with Crippen LogP contribution in [0.4, 0.5) is 0 Å². The summed E-state index contributed by atoms with van der Waals surface area (Å²) in [5.41, 5.74) is 12.6. The summed E-state index contributed by atoms with van der Waals surface area (Å²) in [5, 5.41) is 2.53. The van der Waals surface area contributed by atoms with Crippen molar-refractivity contribution in [1.82, 2.24) is 15.0 Å². The lowest BCUT2D eigenvalue weighted by atomic mass is 9.79. The molecule has 1 aliphatic rings. The van der Waals surface area contributed by atoms with Gasteiger partial charge in [-0.3, -0.25) is 0 Å². The van der Waals surface area contributed by atoms with E-state index < -0.39 is 0 Å². The van der Waals surface area contributed by atoms with Gasteiger partial charge < -0.3 is 0 Å². The molecule has 0 unspecified atom stereocenters. The van der Waals surface area contributed by atoms with Gasteiger partial charge in [-0.25, -0.2) is 15.0 Å². The van der Waals surface area contributed by atoms with E-state index >= 15 is 0 Å². The third-order valence-corrected chi connectivity index (χ3v) is 9.92. The van der Waals surface area contributed by atoms with Gasteiger partial charge in [-0.1, -0.05) is 172 Å². The Hall–Kier alpha value is -6.19. The fourth-order valence-electron chi connectivity index (χ4n) is 7.48. The maximum atomic E-state index is 5.19. The van der Waals surface area contributed by atoms with Crippen molar-refractivity contribution in [2.45, 2.75) is 19.3 Å². The van der Waals surface area contributed by atoms with E-state index in [0.717, 1.165) is 22.3 Å². The van der Waals surface area contributed by atoms with Crippen LogP contribution >= 0.6 is 0 Å². The third kappa shape index (κ3) is 4.94. The molecule has 1 heterocycles. The van der Waals surface area contributed by atoms with Gasteiger partial charge in [0.15, 0.2) is 17.5 Å². The summed E-state index contributed by atoms with van der Waals surface area (Å²) in [6.07, 6.45) is 0. The Morgan fingerprint density at radius 1 is 0.388 bits per heavy atom. The first-order chi connectivity index (χ1) is 24.0. The molecule has 232 valence electrons. The number of fused-ring (bicyclic) bond motifs is 5. The van der Waals surface area contributed by atoms with Crippen LogP contribution in [0.2, 0.25) is 0 Å². The van der Waals surface area contributed by atoms with E-state index in [1.54, 1.807) is 0 Å². The van der Waals surface area contributed by atoms with Gasteiger partial charge in [-0.2, -0.15) is 0 Å². The molecule has 7 aromatic carbocycles. The molecule has 0 saturated carbocycles. The summed E-state index contributed by atoms with van der Waals surface area (Å²) in [6.45, 7) is 4.69. The minimum absolute atomic E-state index is 0.221. The van der Waals surface area contributed by atoms with Gasteiger partial charge in [0.2, 0.25) is 0 Å². The molecular weight excluding hydrogens is 595 g/mol. The Morgan fingerprint density at radius 3 is 1.53 bits per heavy atom. The second-order valence-corrected chi connectivity index (χ2v) is 13.3. The Morgan fingerprint density at radius 2 is 0.878 bits per heavy atom. The van der Waals surface area contributed by atoms with Crippen LogP contribution in [0.1, 0.15) is 25.0 Å². The Bertz CT molecular complexity index is 2480. The van der Waals surface area contributed by atoms with Crippen molar-refractivity contribution in [3.8, 4) is 67.5 Å². The SMILES string of the molecule is CC1(C)c2cccc(-c3nc(-c4ccccc4)nc(-c4ccc(-c5ccccc5)cc4)n3)c2-c2ccc3ccc(-c4ccccc4)cc3c21. The Kier molecular flexibility index (Phi) is 6.80. The third-order valence-electron chi connectivity index (χ3n) is 9.92. The molecule has 0 bridgehead atoms. The van der Waals surface area contributed by atoms with Crippen molar-refractivity contribution >= 4 is 10.8 Å². The highest BCUT2D eigenvalue weighted by molar-refractivity contribution is 6.02. The molecule has 0 fully saturated rings. The number of benzene rings is 7. The summed E-state index contributed by atoms with van der Waals surface area (Å²) in [5.74, 6) is 1.99. The van der Waals surface area contributed by atoms with Crippen LogP contribution in [0.15, 0.2) is 164 Å². The fourth-order valence-corrected chi connectivity index (χ4v) is 7.48. The van der Waals surface area contributed by atoms with Crippen molar-refractivity contribution in [3.05, 3.63) is 175 Å². The molecule has 0 aliphatic heterocycles. The molecule has 1 aliphatic carbocycles. The van der Waals surface area contributed by atoms with Crippen LogP contribution in [-0.4, -0.2) is 15.0 Å². The van der Waals surface area contributed by atoms with Crippen LogP contribution < -0.4 is 0 Å². The van der Waals surface area contributed by atoms with Gasteiger partial charge in [0.1, 0.15) is 0 Å². The predicted molar refractivity (Wildman–Crippen MR) is 202 cm³/mol. The molecule has 9 rings (SSSR count). The number of hydrogen-bond donors (Lipinski definition) is 0. The van der Waals surface area contributed by atoms with Crippen LogP contribution in [0.25, 0.3) is 78.3 Å². The Balaban J connectivity index is 1.23. The van der Waals surface area contributed by atoms with E-state index in [1.807, 2.05) is 24.3 Å². The molecule has 0 saturated heterocycles. The van der Waals surface area contributed by atoms with Crippen LogP contribution in [0.3, 0.4) is 0 Å². The standard InChI is InChI=1S/C46H33N3/c1-46(2)40-20-12-19-38(41(40)37-28-27-33-23-26-36(29-39(33)42(37)46)31-15-8-4-9-16-31)45-48-43(34-17-10-5-11-18-34)47-44(49-45)35-24-21-32(22-25-35)30-13-6-3-7-14-30/h3-29H,1-2H3. The van der Waals surface area contributed by atoms with Crippen molar-refractivity contribution in [3.63, 3.8) is 0 Å². The van der Waals surface area contributed by atoms with E-state index in [-0.39, 0.29) is 5.41 Å². The molecule has 0 spiro atoms. The summed E-state index contributed by atoms with van der Waals surface area (Å²) in [7, 11) is 0. The van der Waals surface area contributed by atoms with Crippen molar-refractivity contribution < 1.29 is 0 Å². The molecule has 3 nitrogen and oxygen atoms in total. The summed E-state index contributed by atoms with van der Waals surface area (Å²) in [6, 6.07) is 57.8. The van der Waals surface area contributed by atoms with Gasteiger partial charge in [-0.05, 0) is 61.3 Å². The van der Waals surface area contributed by atoms with Gasteiger partial charge in [0.05, 0.1) is 0 Å². The zero-order valence-electron chi connectivity index (χ0n) is 27.4. The molecule has 0 amide bonds. The topological polar surface area (TPSA) is 38.7 Å². The largest absolute Gasteiger partial charge is 0.208 e. The average molecular weight is 628 g/mol. The number of aromatic nitrogens is 3. The first-order valence-electron chi connectivity index (χ1n) is 16.8. The number of rotatable bonds is 5. The number of hydrogen-bond acceptors (Lipinski definition) is 3. The van der Waals surface area contributed by atoms with Gasteiger partial charge >= 0.3 is 0 Å². The lowest BCUT2D eigenvalue weighted by Crippen LogP contribution is -2.15. The monoisotopic (exact) mass is 627 g/mol. The first-order valence-corrected chi connectivity index (χ1v) is 16.8. The van der Waals surface area contributed by atoms with Crippen LogP contribution in [-0.2, 0) is 5.41 Å². The predicted octanol–water partition coefficient (Wildman–Crippen LogP) is 11.7. The maximum Gasteiger partial charge on any atom is 0.164 e. The van der Waals surface area contributed by atoms with Gasteiger partial charge in [0, 0.05) is 22.1 Å². The van der Waals surface area contributed by atoms with Crippen LogP contribution in [0.5, 0.6) is 0 Å². The molecule has 3 heteroatoms. The van der Waals surface area contributed by atoms with Crippen molar-refractivity contribution in [2.75, 3.05) is 0 Å². The summed E-state index contributed by atoms with van der Waals surface area (Å²) < 4.78 is 0. The lowest BCUT2D eigenvalue weighted by Gasteiger charge is -2.23. The first kappa shape index (κ1) is 29.0. The molecule has 8 aromatic rings. The quantitative estimate of drug-likeness (QED) is 0.191. The second kappa shape index (κ2) is 11.5. The second-order valence-electron chi connectivity index (χ2n) is 13.3. The van der Waals surface area contributed by atoms with E-state index in [0.29, 0.717) is 17.5 Å². The van der Waals surface area contributed by atoms with Crippen LogP contribution in [0, 0.1) is 0 Å². The van der Waals surface area contributed by atoms with E-state index in [1.165, 1.54) is 49.7 Å². The highest BCUT2D eigenvalue weighted by atomic mass is 15.0. The highest BCUT2D eigenvalue weighted by Crippen LogP contribution is 2.54. The smallest absolute Gasteiger partial charge is 0.164 e. The fraction of sp³-hybridized carbons (Fsp3) is 0.0652. The van der Waals surface area contributed by atoms with Gasteiger partial charge in [-0.15, -0.1) is 0 Å². The Labute approximate surface area is 286 Å². The van der Waals surface area contributed by atoms with E-state index in [9.17, 15) is 0 Å². The maximum absolute atomic E-state index is 5.19. The minimum Gasteiger partial charge on any atom is -0.208 e. The zero-order chi connectivity index (χ0) is 33.0. The summed E-state index contributed by atoms with van der Waals surface area (Å²) in [4.78, 5) is 15.4. The van der Waals surface area contributed by atoms with Crippen molar-refractivity contribution in [1.29, 1.82) is 0 Å². The zero-order valence-corrected chi connectivity index (χ0v) is 27.4. The van der Waals surface area contributed by atoms with Gasteiger partial charge in [0.25, 0.3) is 0 Å². The molecule has 0 N–H and O–H groups in total. The highest BCUT2D eigenvalue weighted by Gasteiger charge is 2.38. The van der Waals surface area contributed by atoms with E-state index in [2.05, 4.69) is 153 Å². The average Bonchev–Trinajstić information content (AvgIpc) is 3.42. The molecule has 0 radical (unpaired) electrons. The number of nitrogens with zero attached hydrogens (tertiary/aromatic N) is 3. The van der Waals surface area contributed by atoms with Crippen molar-refractivity contribution in [2.24, 2.45) is 0 Å². The lowest BCUT2D eigenvalue weighted by molar-refractivity contribution is 0.666. The summed E-state index contributed by atoms with van der Waals surface area (Å²) >= 11 is 0. The normalized spacial score (nSPS) is 12.9. The molecule has 49 heavy (non-hydrogen) atoms.